The molecule has 2 amide bonds. The Bertz CT molecular complexity index is 592. The number of urea groups is 1. The Morgan fingerprint density at radius 2 is 1.88 bits per heavy atom. The number of aryl methyl sites for hydroxylation is 1. The molecule has 0 bridgehead atoms. The lowest BCUT2D eigenvalue weighted by atomic mass is 9.89. The molecule has 1 aromatic heterocycles. The van der Waals surface area contributed by atoms with Gasteiger partial charge in [0.1, 0.15) is 0 Å². The van der Waals surface area contributed by atoms with E-state index in [0.29, 0.717) is 18.5 Å². The third kappa shape index (κ3) is 4.95. The van der Waals surface area contributed by atoms with Crippen LogP contribution in [0.15, 0.2) is 18.2 Å². The second kappa shape index (κ2) is 8.82. The van der Waals surface area contributed by atoms with Crippen LogP contribution in [0.5, 0.6) is 0 Å². The molecule has 6 nitrogen and oxygen atoms in total. The average molecular weight is 360 g/mol. The van der Waals surface area contributed by atoms with Crippen molar-refractivity contribution in [3.63, 3.8) is 0 Å². The van der Waals surface area contributed by atoms with Gasteiger partial charge in [-0.25, -0.2) is 4.79 Å². The van der Waals surface area contributed by atoms with E-state index in [1.165, 1.54) is 26.2 Å². The molecular weight excluding hydrogens is 326 g/mol. The smallest absolute Gasteiger partial charge is 0.317 e. The van der Waals surface area contributed by atoms with Crippen molar-refractivity contribution in [1.29, 1.82) is 0 Å². The third-order valence-corrected chi connectivity index (χ3v) is 5.99. The lowest BCUT2D eigenvalue weighted by Gasteiger charge is -2.42. The minimum atomic E-state index is 0.0407. The molecule has 0 radical (unpaired) electrons. The van der Waals surface area contributed by atoms with Crippen LogP contribution in [0.3, 0.4) is 0 Å². The fourth-order valence-corrected chi connectivity index (χ4v) is 4.09. The van der Waals surface area contributed by atoms with E-state index in [9.17, 15) is 4.79 Å². The van der Waals surface area contributed by atoms with Crippen LogP contribution in [0.4, 0.5) is 4.79 Å². The Kier molecular flexibility index (Phi) is 6.48. The number of carbonyl (C=O) groups excluding carboxylic acids is 1. The maximum absolute atomic E-state index is 12.4. The van der Waals surface area contributed by atoms with Crippen molar-refractivity contribution in [2.45, 2.75) is 39.3 Å². The molecule has 6 heteroatoms. The second-order valence-corrected chi connectivity index (χ2v) is 7.83. The second-order valence-electron chi connectivity index (χ2n) is 7.83. The van der Waals surface area contributed by atoms with Gasteiger partial charge in [-0.2, -0.15) is 0 Å². The van der Waals surface area contributed by atoms with Crippen LogP contribution in [-0.4, -0.2) is 78.1 Å². The molecule has 3 rings (SSSR count). The molecule has 1 atom stereocenters. The van der Waals surface area contributed by atoms with Crippen LogP contribution in [-0.2, 0) is 6.54 Å². The van der Waals surface area contributed by atoms with Gasteiger partial charge in [-0.1, -0.05) is 6.07 Å². The number of hydrogen-bond acceptors (Lipinski definition) is 4. The molecule has 0 aliphatic carbocycles. The van der Waals surface area contributed by atoms with Gasteiger partial charge in [0.15, 0.2) is 0 Å². The summed E-state index contributed by atoms with van der Waals surface area (Å²) in [6.45, 7) is 11.2. The minimum absolute atomic E-state index is 0.0407. The molecule has 2 aliphatic heterocycles. The topological polar surface area (TPSA) is 51.7 Å². The maximum Gasteiger partial charge on any atom is 0.317 e. The van der Waals surface area contributed by atoms with Crippen molar-refractivity contribution >= 4 is 6.03 Å². The van der Waals surface area contributed by atoms with Gasteiger partial charge in [-0.3, -0.25) is 9.88 Å². The highest BCUT2D eigenvalue weighted by atomic mass is 16.2. The average Bonchev–Trinajstić information content (AvgIpc) is 2.66. The molecular formula is C20H33N5O. The summed E-state index contributed by atoms with van der Waals surface area (Å²) >= 11 is 0. The molecule has 0 spiro atoms. The highest BCUT2D eigenvalue weighted by molar-refractivity contribution is 5.74. The number of piperazine rings is 1. The Balaban J connectivity index is 1.42. The van der Waals surface area contributed by atoms with Gasteiger partial charge in [0.05, 0.1) is 12.2 Å². The van der Waals surface area contributed by atoms with E-state index in [2.05, 4.69) is 34.1 Å². The van der Waals surface area contributed by atoms with Crippen LogP contribution in [0.1, 0.15) is 31.2 Å². The summed E-state index contributed by atoms with van der Waals surface area (Å²) in [7, 11) is 2.20. The van der Waals surface area contributed by atoms with Gasteiger partial charge in [-0.15, -0.1) is 0 Å². The Morgan fingerprint density at radius 3 is 2.54 bits per heavy atom. The minimum Gasteiger partial charge on any atom is -0.332 e. The molecule has 2 fully saturated rings. The normalized spacial score (nSPS) is 21.6. The number of rotatable bonds is 4. The number of piperidine rings is 1. The number of nitrogens with zero attached hydrogens (tertiary/aromatic N) is 4. The summed E-state index contributed by atoms with van der Waals surface area (Å²) in [6, 6.07) is 6.56. The van der Waals surface area contributed by atoms with Crippen molar-refractivity contribution < 1.29 is 4.79 Å². The largest absolute Gasteiger partial charge is 0.332 e. The van der Waals surface area contributed by atoms with Gasteiger partial charge in [0.2, 0.25) is 0 Å². The molecule has 1 aromatic rings. The first-order valence-electron chi connectivity index (χ1n) is 9.91. The monoisotopic (exact) mass is 359 g/mol. The summed E-state index contributed by atoms with van der Waals surface area (Å²) in [5.74, 6) is 0.695. The van der Waals surface area contributed by atoms with E-state index < -0.39 is 0 Å². The lowest BCUT2D eigenvalue weighted by Crippen LogP contribution is -2.52. The summed E-state index contributed by atoms with van der Waals surface area (Å²) in [4.78, 5) is 23.9. The first-order chi connectivity index (χ1) is 12.5. The van der Waals surface area contributed by atoms with Gasteiger partial charge < -0.3 is 15.1 Å². The summed E-state index contributed by atoms with van der Waals surface area (Å²) < 4.78 is 0. The zero-order valence-corrected chi connectivity index (χ0v) is 16.4. The first kappa shape index (κ1) is 19.1. The van der Waals surface area contributed by atoms with E-state index in [1.54, 1.807) is 0 Å². The van der Waals surface area contributed by atoms with E-state index >= 15 is 0 Å². The van der Waals surface area contributed by atoms with Crippen LogP contribution in [0.2, 0.25) is 0 Å². The predicted molar refractivity (Wildman–Crippen MR) is 104 cm³/mol. The number of amides is 2. The fraction of sp³-hybridized carbons (Fsp3) is 0.700. The first-order valence-corrected chi connectivity index (χ1v) is 9.91. The third-order valence-electron chi connectivity index (χ3n) is 5.99. The number of likely N-dealkylation sites (N-methyl/N-ethyl adjacent to an activating group) is 1. The number of hydrogen-bond donors (Lipinski definition) is 1. The highest BCUT2D eigenvalue weighted by Gasteiger charge is 2.30. The van der Waals surface area contributed by atoms with Crippen LogP contribution in [0, 0.1) is 12.8 Å². The van der Waals surface area contributed by atoms with Gasteiger partial charge >= 0.3 is 6.03 Å². The Hall–Kier alpha value is -1.66. The number of aromatic nitrogens is 1. The molecule has 26 heavy (non-hydrogen) atoms. The number of pyridine rings is 1. The molecule has 2 aliphatic rings. The zero-order chi connectivity index (χ0) is 18.5. The number of nitrogens with one attached hydrogen (secondary N) is 1. The lowest BCUT2D eigenvalue weighted by molar-refractivity contribution is 0.0664. The van der Waals surface area contributed by atoms with Crippen LogP contribution in [0.25, 0.3) is 0 Å². The predicted octanol–water partition coefficient (Wildman–Crippen LogP) is 1.95. The van der Waals surface area contributed by atoms with Gasteiger partial charge in [0.25, 0.3) is 0 Å². The van der Waals surface area contributed by atoms with E-state index in [-0.39, 0.29) is 6.03 Å². The van der Waals surface area contributed by atoms with Crippen molar-refractivity contribution in [2.75, 3.05) is 46.3 Å². The van der Waals surface area contributed by atoms with Gasteiger partial charge in [-0.05, 0) is 51.8 Å². The number of likely N-dealkylation sites (tertiary alicyclic amines) is 1. The van der Waals surface area contributed by atoms with Crippen molar-refractivity contribution in [3.05, 3.63) is 29.6 Å². The van der Waals surface area contributed by atoms with Gasteiger partial charge in [0, 0.05) is 51.0 Å². The van der Waals surface area contributed by atoms with E-state index in [0.717, 1.165) is 37.3 Å². The molecule has 0 unspecified atom stereocenters. The Morgan fingerprint density at radius 1 is 1.19 bits per heavy atom. The molecule has 0 aromatic carbocycles. The molecule has 3 heterocycles. The van der Waals surface area contributed by atoms with Crippen LogP contribution >= 0.6 is 0 Å². The zero-order valence-electron chi connectivity index (χ0n) is 16.4. The Labute approximate surface area is 157 Å². The quantitative estimate of drug-likeness (QED) is 0.893. The summed E-state index contributed by atoms with van der Waals surface area (Å²) in [5.41, 5.74) is 1.90. The van der Waals surface area contributed by atoms with Crippen molar-refractivity contribution in [2.24, 2.45) is 5.92 Å². The van der Waals surface area contributed by atoms with E-state index in [4.69, 9.17) is 0 Å². The van der Waals surface area contributed by atoms with Crippen LogP contribution < -0.4 is 5.32 Å². The fourth-order valence-electron chi connectivity index (χ4n) is 4.09. The highest BCUT2D eigenvalue weighted by Crippen LogP contribution is 2.24. The summed E-state index contributed by atoms with van der Waals surface area (Å²) in [5, 5.41) is 3.02. The maximum atomic E-state index is 12.4. The molecule has 0 saturated carbocycles. The van der Waals surface area contributed by atoms with Crippen molar-refractivity contribution in [3.8, 4) is 0 Å². The SMILES string of the molecule is Cc1cccc(CNC(=O)N2CCC([C@@H](C)N3CCN(C)CC3)CC2)n1. The molecule has 2 saturated heterocycles. The van der Waals surface area contributed by atoms with Crippen molar-refractivity contribution in [1.82, 2.24) is 25.0 Å². The molecule has 144 valence electrons. The molecule has 1 N–H and O–H groups in total. The summed E-state index contributed by atoms with van der Waals surface area (Å²) in [6.07, 6.45) is 2.20. The van der Waals surface area contributed by atoms with E-state index in [1.807, 2.05) is 30.0 Å². The number of carbonyl (C=O) groups is 1. The standard InChI is InChI=1S/C20H33N5O/c1-16-5-4-6-19(22-16)15-21-20(26)25-9-7-18(8-10-25)17(2)24-13-11-23(3)12-14-24/h4-6,17-18H,7-15H2,1-3H3,(H,21,26)/t17-/m1/s1.